The summed E-state index contributed by atoms with van der Waals surface area (Å²) in [5.41, 5.74) is -2.84. The number of rotatable bonds is 8. The quantitative estimate of drug-likeness (QED) is 0.190. The maximum atomic E-state index is 14.9. The molecule has 5 rings (SSSR count). The van der Waals surface area contributed by atoms with Crippen LogP contribution in [0.15, 0.2) is 94.7 Å². The largest absolute Gasteiger partial charge is 0.416 e. The maximum Gasteiger partial charge on any atom is 0.416 e. The average molecular weight is 704 g/mol. The molecular weight excluding hydrogens is 675 g/mol. The van der Waals surface area contributed by atoms with Gasteiger partial charge in [-0.25, -0.2) is 25.9 Å². The van der Waals surface area contributed by atoms with Crippen LogP contribution in [-0.4, -0.2) is 37.0 Å². The Labute approximate surface area is 273 Å². The van der Waals surface area contributed by atoms with Crippen LogP contribution >= 0.6 is 0 Å². The van der Waals surface area contributed by atoms with Crippen molar-refractivity contribution in [1.29, 1.82) is 0 Å². The smallest absolute Gasteiger partial charge is 0.331 e. The molecule has 0 bridgehead atoms. The van der Waals surface area contributed by atoms with Crippen LogP contribution in [0.1, 0.15) is 48.0 Å². The van der Waals surface area contributed by atoms with Crippen molar-refractivity contribution in [3.05, 3.63) is 124 Å². The molecular formula is C33H29F4N3O6S2. The Morgan fingerprint density at radius 1 is 0.896 bits per heavy atom. The molecule has 2 heterocycles. The van der Waals surface area contributed by atoms with Gasteiger partial charge in [0.15, 0.2) is 9.84 Å². The van der Waals surface area contributed by atoms with Crippen LogP contribution in [0, 0.1) is 5.82 Å². The molecule has 0 aliphatic rings. The number of fused-ring (bicyclic) bond motifs is 1. The van der Waals surface area contributed by atoms with Crippen molar-refractivity contribution in [3.63, 3.8) is 0 Å². The normalized spacial score (nSPS) is 12.7. The summed E-state index contributed by atoms with van der Waals surface area (Å²) in [6.07, 6.45) is -3.55. The van der Waals surface area contributed by atoms with Crippen LogP contribution in [0.25, 0.3) is 22.0 Å². The lowest BCUT2D eigenvalue weighted by atomic mass is 10.0. The van der Waals surface area contributed by atoms with Gasteiger partial charge in [0.05, 0.1) is 27.5 Å². The number of aromatic amines is 1. The molecule has 3 aromatic carbocycles. The molecule has 0 spiro atoms. The van der Waals surface area contributed by atoms with E-state index < -0.39 is 76.5 Å². The molecule has 0 saturated heterocycles. The third-order valence-corrected chi connectivity index (χ3v) is 11.6. The van der Waals surface area contributed by atoms with E-state index in [0.717, 1.165) is 41.0 Å². The van der Waals surface area contributed by atoms with E-state index in [1.54, 1.807) is 0 Å². The minimum atomic E-state index is -4.82. The Morgan fingerprint density at radius 3 is 2.25 bits per heavy atom. The van der Waals surface area contributed by atoms with Crippen molar-refractivity contribution in [2.24, 2.45) is 0 Å². The van der Waals surface area contributed by atoms with Gasteiger partial charge in [0.25, 0.3) is 21.5 Å². The molecule has 2 N–H and O–H groups in total. The number of carbonyl (C=O) groups excluding carboxylic acids is 1. The highest BCUT2D eigenvalue weighted by atomic mass is 32.2. The van der Waals surface area contributed by atoms with Gasteiger partial charge in [0, 0.05) is 33.8 Å². The first-order chi connectivity index (χ1) is 22.3. The molecule has 5 aromatic rings. The van der Waals surface area contributed by atoms with Crippen LogP contribution < -0.4 is 10.3 Å². The van der Waals surface area contributed by atoms with Gasteiger partial charge in [-0.1, -0.05) is 30.3 Å². The summed E-state index contributed by atoms with van der Waals surface area (Å²) in [5.74, 6) is -2.53. The maximum absolute atomic E-state index is 14.9. The topological polar surface area (TPSA) is 135 Å². The van der Waals surface area contributed by atoms with E-state index in [9.17, 15) is 44.0 Å². The summed E-state index contributed by atoms with van der Waals surface area (Å²) in [7, 11) is -8.46. The van der Waals surface area contributed by atoms with Crippen molar-refractivity contribution in [3.8, 4) is 11.1 Å². The Bertz CT molecular complexity index is 2340. The molecule has 0 aliphatic carbocycles. The lowest BCUT2D eigenvalue weighted by molar-refractivity contribution is -0.137. The first kappa shape index (κ1) is 34.6. The molecule has 0 aliphatic heterocycles. The fraction of sp³-hybridized carbons (Fsp3) is 0.212. The van der Waals surface area contributed by atoms with E-state index in [2.05, 4.69) is 4.98 Å². The number of alkyl halides is 3. The van der Waals surface area contributed by atoms with E-state index in [0.29, 0.717) is 0 Å². The Morgan fingerprint density at radius 2 is 1.60 bits per heavy atom. The summed E-state index contributed by atoms with van der Waals surface area (Å²) in [6.45, 7) is 4.06. The molecule has 9 nitrogen and oxygen atoms in total. The Kier molecular flexibility index (Phi) is 8.90. The first-order valence-corrected chi connectivity index (χ1v) is 17.5. The number of pyridine rings is 1. The number of sulfone groups is 1. The Balaban J connectivity index is 1.71. The zero-order valence-corrected chi connectivity index (χ0v) is 27.4. The van der Waals surface area contributed by atoms with Crippen LogP contribution in [0.2, 0.25) is 0 Å². The van der Waals surface area contributed by atoms with Gasteiger partial charge in [0.1, 0.15) is 11.5 Å². The van der Waals surface area contributed by atoms with E-state index in [-0.39, 0.29) is 33.2 Å². The SMILES string of the molecule is CC(C)(C)S(=O)(=O)Cc1cccc(S(=O)(=O)NC(=O)c2c(-c3ccc[nH]c3=O)c3cc(C(F)(F)F)ccc3n2Cc2ccccc2F)c1. The predicted octanol–water partition coefficient (Wildman–Crippen LogP) is 6.03. The number of hydrogen-bond acceptors (Lipinski definition) is 6. The number of nitrogens with one attached hydrogen (secondary N) is 2. The molecule has 0 unspecified atom stereocenters. The molecule has 0 fully saturated rings. The summed E-state index contributed by atoms with van der Waals surface area (Å²) in [6, 6.07) is 15.6. The second-order valence-corrected chi connectivity index (χ2v) is 16.4. The fourth-order valence-electron chi connectivity index (χ4n) is 5.09. The van der Waals surface area contributed by atoms with E-state index >= 15 is 0 Å². The van der Waals surface area contributed by atoms with E-state index in [4.69, 9.17) is 0 Å². The van der Waals surface area contributed by atoms with E-state index in [1.807, 2.05) is 4.72 Å². The van der Waals surface area contributed by atoms with Crippen LogP contribution in [0.5, 0.6) is 0 Å². The highest BCUT2D eigenvalue weighted by Gasteiger charge is 2.34. The van der Waals surface area contributed by atoms with Gasteiger partial charge in [-0.3, -0.25) is 9.59 Å². The number of amides is 1. The zero-order chi connectivity index (χ0) is 35.2. The predicted molar refractivity (Wildman–Crippen MR) is 172 cm³/mol. The van der Waals surface area contributed by atoms with Crippen LogP contribution in [0.4, 0.5) is 17.6 Å². The third kappa shape index (κ3) is 6.78. The number of carbonyl (C=O) groups is 1. The van der Waals surface area contributed by atoms with Crippen LogP contribution in [0.3, 0.4) is 0 Å². The number of H-pyrrole nitrogens is 1. The van der Waals surface area contributed by atoms with Gasteiger partial charge in [-0.05, 0) is 74.9 Å². The molecule has 252 valence electrons. The van der Waals surface area contributed by atoms with Crippen molar-refractivity contribution in [1.82, 2.24) is 14.3 Å². The first-order valence-electron chi connectivity index (χ1n) is 14.3. The van der Waals surface area contributed by atoms with Gasteiger partial charge in [0.2, 0.25) is 0 Å². The van der Waals surface area contributed by atoms with Gasteiger partial charge in [-0.15, -0.1) is 0 Å². The zero-order valence-electron chi connectivity index (χ0n) is 25.7. The average Bonchev–Trinajstić information content (AvgIpc) is 3.30. The van der Waals surface area contributed by atoms with Crippen LogP contribution in [-0.2, 0) is 38.3 Å². The molecule has 15 heteroatoms. The lowest BCUT2D eigenvalue weighted by Gasteiger charge is -2.19. The van der Waals surface area contributed by atoms with Crippen molar-refractivity contribution in [2.45, 2.75) is 48.9 Å². The number of aromatic nitrogens is 2. The summed E-state index contributed by atoms with van der Waals surface area (Å²) < 4.78 is 111. The summed E-state index contributed by atoms with van der Waals surface area (Å²) in [5, 5.41) is -0.213. The monoisotopic (exact) mass is 703 g/mol. The Hall–Kier alpha value is -4.76. The number of nitrogens with zero attached hydrogens (tertiary/aromatic N) is 1. The second kappa shape index (κ2) is 12.4. The number of benzene rings is 3. The minimum Gasteiger partial charge on any atom is -0.331 e. The highest BCUT2D eigenvalue weighted by Crippen LogP contribution is 2.39. The van der Waals surface area contributed by atoms with Crippen molar-refractivity contribution >= 4 is 36.7 Å². The summed E-state index contributed by atoms with van der Waals surface area (Å²) in [4.78, 5) is 29.1. The summed E-state index contributed by atoms with van der Waals surface area (Å²) >= 11 is 0. The molecule has 2 aromatic heterocycles. The lowest BCUT2D eigenvalue weighted by Crippen LogP contribution is -2.33. The highest BCUT2D eigenvalue weighted by molar-refractivity contribution is 7.92. The molecule has 48 heavy (non-hydrogen) atoms. The number of halogens is 4. The number of sulfonamides is 1. The minimum absolute atomic E-state index is 0.0126. The molecule has 0 saturated carbocycles. The van der Waals surface area contributed by atoms with Gasteiger partial charge in [-0.2, -0.15) is 13.2 Å². The van der Waals surface area contributed by atoms with Crippen molar-refractivity contribution < 1.29 is 39.2 Å². The van der Waals surface area contributed by atoms with Crippen molar-refractivity contribution in [2.75, 3.05) is 0 Å². The van der Waals surface area contributed by atoms with Gasteiger partial charge >= 0.3 is 6.18 Å². The molecule has 1 amide bonds. The standard InChI is InChI=1S/C33H29F4N3O6S2/c1-32(2,3)47(43,44)19-20-8-6-10-23(16-20)48(45,46)39-31(42)29-28(24-11-7-15-38-30(24)41)25-17-22(33(35,36)37)13-14-27(25)40(29)18-21-9-4-5-12-26(21)34/h4-17H,18-19H2,1-3H3,(H,38,41)(H,39,42). The second-order valence-electron chi connectivity index (χ2n) is 12.0. The fourth-order valence-corrected chi connectivity index (χ4v) is 7.16. The van der Waals surface area contributed by atoms with Gasteiger partial charge < -0.3 is 9.55 Å². The van der Waals surface area contributed by atoms with E-state index in [1.165, 1.54) is 69.4 Å². The molecule has 0 radical (unpaired) electrons. The third-order valence-electron chi connectivity index (χ3n) is 7.71. The molecule has 0 atom stereocenters. The number of hydrogen-bond donors (Lipinski definition) is 2.